The summed E-state index contributed by atoms with van der Waals surface area (Å²) in [4.78, 5) is 39.1. The zero-order chi connectivity index (χ0) is 25.2. The summed E-state index contributed by atoms with van der Waals surface area (Å²) in [5.41, 5.74) is 2.55. The number of hydrogen-bond donors (Lipinski definition) is 1. The second kappa shape index (κ2) is 9.93. The van der Waals surface area contributed by atoms with Gasteiger partial charge in [-0.3, -0.25) is 19.7 Å². The Balaban J connectivity index is 1.46. The monoisotopic (exact) mass is 483 g/mol. The van der Waals surface area contributed by atoms with Gasteiger partial charge >= 0.3 is 0 Å². The zero-order valence-electron chi connectivity index (χ0n) is 20.2. The molecule has 0 radical (unpaired) electrons. The van der Waals surface area contributed by atoms with Gasteiger partial charge in [0.1, 0.15) is 5.69 Å². The van der Waals surface area contributed by atoms with Gasteiger partial charge in [0.05, 0.1) is 28.5 Å². The van der Waals surface area contributed by atoms with Crippen molar-refractivity contribution in [2.24, 2.45) is 17.8 Å². The van der Waals surface area contributed by atoms with Gasteiger partial charge in [-0.05, 0) is 54.9 Å². The van der Waals surface area contributed by atoms with Crippen molar-refractivity contribution >= 4 is 28.9 Å². The highest BCUT2D eigenvalue weighted by Gasteiger charge is 2.50. The van der Waals surface area contributed by atoms with Crippen LogP contribution in [-0.4, -0.2) is 16.7 Å². The molecule has 1 aliphatic carbocycles. The lowest BCUT2D eigenvalue weighted by molar-refractivity contribution is -0.383. The lowest BCUT2D eigenvalue weighted by Crippen LogP contribution is -2.31. The number of nitro benzene ring substituents is 1. The minimum absolute atomic E-state index is 0.162. The largest absolute Gasteiger partial charge is 0.372 e. The summed E-state index contributed by atoms with van der Waals surface area (Å²) in [7, 11) is 0. The van der Waals surface area contributed by atoms with Crippen molar-refractivity contribution in [3.63, 3.8) is 0 Å². The Morgan fingerprint density at radius 3 is 2.31 bits per heavy atom. The minimum atomic E-state index is -0.462. The fourth-order valence-corrected chi connectivity index (χ4v) is 5.55. The van der Waals surface area contributed by atoms with E-state index in [9.17, 15) is 19.7 Å². The van der Waals surface area contributed by atoms with Crippen molar-refractivity contribution in [1.29, 1.82) is 0 Å². The lowest BCUT2D eigenvalue weighted by Gasteiger charge is -2.25. The van der Waals surface area contributed by atoms with Crippen LogP contribution in [-0.2, 0) is 16.0 Å². The third-order valence-corrected chi connectivity index (χ3v) is 7.44. The molecule has 1 heterocycles. The summed E-state index contributed by atoms with van der Waals surface area (Å²) in [6.07, 6.45) is 2.92. The van der Waals surface area contributed by atoms with E-state index in [4.69, 9.17) is 0 Å². The second-order valence-corrected chi connectivity index (χ2v) is 9.90. The Bertz CT molecular complexity index is 1280. The number of amides is 2. The van der Waals surface area contributed by atoms with Crippen molar-refractivity contribution in [2.75, 3.05) is 10.2 Å². The van der Waals surface area contributed by atoms with Crippen LogP contribution in [0, 0.1) is 27.9 Å². The highest BCUT2D eigenvalue weighted by molar-refractivity contribution is 6.22. The van der Waals surface area contributed by atoms with Crippen molar-refractivity contribution in [3.8, 4) is 0 Å². The Labute approximate surface area is 210 Å². The molecule has 2 fully saturated rings. The van der Waals surface area contributed by atoms with Gasteiger partial charge in [0.25, 0.3) is 5.69 Å². The summed E-state index contributed by atoms with van der Waals surface area (Å²) in [5, 5.41) is 15.5. The van der Waals surface area contributed by atoms with Crippen molar-refractivity contribution in [1.82, 2.24) is 0 Å². The summed E-state index contributed by atoms with van der Waals surface area (Å²) in [6.45, 7) is 2.10. The molecule has 1 saturated carbocycles. The SMILES string of the molecule is C[C@@H]1CC[C@@H]2C(=O)N(c3ccc(N[C@@H](Cc4ccccc4)c4ccccc4)c([N+](=O)[O-])c3)C(=O)[C@H]2C1. The second-order valence-electron chi connectivity index (χ2n) is 9.90. The number of rotatable bonds is 7. The Morgan fingerprint density at radius 1 is 0.944 bits per heavy atom. The van der Waals surface area contributed by atoms with E-state index in [1.807, 2.05) is 60.7 Å². The highest BCUT2D eigenvalue weighted by Crippen LogP contribution is 2.43. The van der Waals surface area contributed by atoms with Crippen LogP contribution in [0.2, 0.25) is 0 Å². The molecule has 2 amide bonds. The van der Waals surface area contributed by atoms with Crippen molar-refractivity contribution in [2.45, 2.75) is 38.6 Å². The number of anilines is 2. The molecule has 36 heavy (non-hydrogen) atoms. The van der Waals surface area contributed by atoms with Crippen LogP contribution in [0.25, 0.3) is 0 Å². The molecule has 7 heteroatoms. The zero-order valence-corrected chi connectivity index (χ0v) is 20.2. The number of nitrogens with one attached hydrogen (secondary N) is 1. The standard InChI is InChI=1S/C29H29N3O4/c1-19-12-14-23-24(16-19)29(34)31(28(23)33)22-13-15-25(27(18-22)32(35)36)30-26(21-10-6-3-7-11-21)17-20-8-4-2-5-9-20/h2-11,13,15,18-19,23-24,26,30H,12,14,16-17H2,1H3/t19-,23+,24+,26+/m1/s1. The first-order valence-corrected chi connectivity index (χ1v) is 12.4. The molecule has 0 unspecified atom stereocenters. The average Bonchev–Trinajstić information content (AvgIpc) is 3.13. The summed E-state index contributed by atoms with van der Waals surface area (Å²) in [5.74, 6) is -0.732. The number of imide groups is 1. The molecule has 1 N–H and O–H groups in total. The number of nitro groups is 1. The number of nitrogens with zero attached hydrogens (tertiary/aromatic N) is 2. The van der Waals surface area contributed by atoms with Gasteiger partial charge in [-0.1, -0.05) is 67.6 Å². The minimum Gasteiger partial charge on any atom is -0.372 e. The predicted octanol–water partition coefficient (Wildman–Crippen LogP) is 5.92. The lowest BCUT2D eigenvalue weighted by atomic mass is 9.76. The van der Waals surface area contributed by atoms with Crippen LogP contribution in [0.15, 0.2) is 78.9 Å². The molecule has 3 aromatic carbocycles. The van der Waals surface area contributed by atoms with E-state index in [-0.39, 0.29) is 41.1 Å². The molecular formula is C29H29N3O4. The average molecular weight is 484 g/mol. The van der Waals surface area contributed by atoms with Crippen molar-refractivity contribution in [3.05, 3.63) is 100 Å². The Morgan fingerprint density at radius 2 is 1.61 bits per heavy atom. The van der Waals surface area contributed by atoms with E-state index < -0.39 is 4.92 Å². The van der Waals surface area contributed by atoms with Gasteiger partial charge in [-0.15, -0.1) is 0 Å². The molecular weight excluding hydrogens is 454 g/mol. The van der Waals surface area contributed by atoms with Crippen LogP contribution < -0.4 is 10.2 Å². The number of carbonyl (C=O) groups excluding carboxylic acids is 2. The first-order valence-electron chi connectivity index (χ1n) is 12.4. The fraction of sp³-hybridized carbons (Fsp3) is 0.310. The number of fused-ring (bicyclic) bond motifs is 1. The first-order chi connectivity index (χ1) is 17.4. The maximum atomic E-state index is 13.1. The van der Waals surface area contributed by atoms with Gasteiger partial charge < -0.3 is 5.32 Å². The van der Waals surface area contributed by atoms with E-state index >= 15 is 0 Å². The summed E-state index contributed by atoms with van der Waals surface area (Å²) < 4.78 is 0. The van der Waals surface area contributed by atoms with Gasteiger partial charge in [0.15, 0.2) is 0 Å². The van der Waals surface area contributed by atoms with E-state index in [0.717, 1.165) is 17.5 Å². The van der Waals surface area contributed by atoms with Gasteiger partial charge in [0.2, 0.25) is 11.8 Å². The number of hydrogen-bond acceptors (Lipinski definition) is 5. The fourth-order valence-electron chi connectivity index (χ4n) is 5.55. The van der Waals surface area contributed by atoms with Gasteiger partial charge in [-0.25, -0.2) is 4.90 Å². The molecule has 2 aliphatic rings. The van der Waals surface area contributed by atoms with Gasteiger partial charge in [0, 0.05) is 6.07 Å². The van der Waals surface area contributed by atoms with E-state index in [2.05, 4.69) is 12.2 Å². The molecule has 0 spiro atoms. The third-order valence-electron chi connectivity index (χ3n) is 7.44. The number of benzene rings is 3. The smallest absolute Gasteiger partial charge is 0.294 e. The summed E-state index contributed by atoms with van der Waals surface area (Å²) in [6, 6.07) is 24.1. The molecule has 0 aromatic heterocycles. The van der Waals surface area contributed by atoms with E-state index in [1.165, 1.54) is 11.0 Å². The number of carbonyl (C=O) groups is 2. The Hall–Kier alpha value is -4.00. The molecule has 5 rings (SSSR count). The normalized spacial score (nSPS) is 22.2. The molecule has 1 saturated heterocycles. The molecule has 4 atom stereocenters. The van der Waals surface area contributed by atoms with Gasteiger partial charge in [-0.2, -0.15) is 0 Å². The molecule has 0 bridgehead atoms. The topological polar surface area (TPSA) is 92.6 Å². The maximum Gasteiger partial charge on any atom is 0.294 e. The van der Waals surface area contributed by atoms with Crippen LogP contribution in [0.5, 0.6) is 0 Å². The first kappa shape index (κ1) is 23.7. The summed E-state index contributed by atoms with van der Waals surface area (Å²) >= 11 is 0. The maximum absolute atomic E-state index is 13.1. The van der Waals surface area contributed by atoms with Crippen LogP contribution in [0.1, 0.15) is 43.4 Å². The van der Waals surface area contributed by atoms with Crippen LogP contribution >= 0.6 is 0 Å². The van der Waals surface area contributed by atoms with E-state index in [0.29, 0.717) is 30.9 Å². The molecule has 1 aliphatic heterocycles. The van der Waals surface area contributed by atoms with Crippen molar-refractivity contribution < 1.29 is 14.5 Å². The molecule has 7 nitrogen and oxygen atoms in total. The predicted molar refractivity (Wildman–Crippen MR) is 139 cm³/mol. The van der Waals surface area contributed by atoms with Crippen LogP contribution in [0.3, 0.4) is 0 Å². The Kier molecular flexibility index (Phi) is 6.55. The highest BCUT2D eigenvalue weighted by atomic mass is 16.6. The third kappa shape index (κ3) is 4.61. The quantitative estimate of drug-likeness (QED) is 0.256. The molecule has 3 aromatic rings. The molecule has 184 valence electrons. The van der Waals surface area contributed by atoms with Crippen LogP contribution in [0.4, 0.5) is 17.1 Å². The van der Waals surface area contributed by atoms with E-state index in [1.54, 1.807) is 12.1 Å².